The van der Waals surface area contributed by atoms with Gasteiger partial charge in [-0.1, -0.05) is 12.1 Å². The van der Waals surface area contributed by atoms with Gasteiger partial charge in [0.2, 0.25) is 0 Å². The van der Waals surface area contributed by atoms with Gasteiger partial charge in [-0.3, -0.25) is 9.59 Å². The van der Waals surface area contributed by atoms with Gasteiger partial charge in [-0.2, -0.15) is 0 Å². The third-order valence-corrected chi connectivity index (χ3v) is 3.10. The molecule has 19 heavy (non-hydrogen) atoms. The van der Waals surface area contributed by atoms with Gasteiger partial charge in [0.1, 0.15) is 6.10 Å². The van der Waals surface area contributed by atoms with Gasteiger partial charge in [0, 0.05) is 5.69 Å². The number of nitrogens with one attached hydrogen (secondary N) is 1. The molecule has 2 N–H and O–H groups in total. The van der Waals surface area contributed by atoms with Gasteiger partial charge in [-0.05, 0) is 37.5 Å². The SMILES string of the molecule is CC1CCC(C(=O)Nc2ccc(CC(=O)O)cc2)O1. The minimum atomic E-state index is -0.870. The van der Waals surface area contributed by atoms with E-state index in [0.717, 1.165) is 12.8 Å². The fourth-order valence-electron chi connectivity index (χ4n) is 2.10. The Balaban J connectivity index is 1.92. The summed E-state index contributed by atoms with van der Waals surface area (Å²) in [7, 11) is 0. The van der Waals surface area contributed by atoms with Crippen LogP contribution in [0.1, 0.15) is 25.3 Å². The Morgan fingerprint density at radius 2 is 2.00 bits per heavy atom. The van der Waals surface area contributed by atoms with E-state index in [0.29, 0.717) is 11.3 Å². The molecule has 2 atom stereocenters. The molecule has 1 aromatic rings. The lowest BCUT2D eigenvalue weighted by atomic mass is 10.1. The molecule has 1 fully saturated rings. The normalized spacial score (nSPS) is 22.2. The highest BCUT2D eigenvalue weighted by molar-refractivity contribution is 5.94. The number of hydrogen-bond donors (Lipinski definition) is 2. The Kier molecular flexibility index (Phi) is 4.16. The molecule has 0 saturated carbocycles. The molecule has 1 aliphatic rings. The maximum Gasteiger partial charge on any atom is 0.307 e. The third kappa shape index (κ3) is 3.79. The van der Waals surface area contributed by atoms with Crippen LogP contribution in [-0.4, -0.2) is 29.2 Å². The van der Waals surface area contributed by atoms with Gasteiger partial charge < -0.3 is 15.2 Å². The molecular formula is C14H17NO4. The number of hydrogen-bond acceptors (Lipinski definition) is 3. The van der Waals surface area contributed by atoms with E-state index in [1.54, 1.807) is 24.3 Å². The fraction of sp³-hybridized carbons (Fsp3) is 0.429. The van der Waals surface area contributed by atoms with Gasteiger partial charge >= 0.3 is 5.97 Å². The number of benzene rings is 1. The molecule has 2 unspecified atom stereocenters. The second-order valence-corrected chi connectivity index (χ2v) is 4.77. The highest BCUT2D eigenvalue weighted by Gasteiger charge is 2.27. The van der Waals surface area contributed by atoms with Crippen LogP contribution in [0.3, 0.4) is 0 Å². The van der Waals surface area contributed by atoms with Crippen LogP contribution < -0.4 is 5.32 Å². The van der Waals surface area contributed by atoms with E-state index < -0.39 is 5.97 Å². The summed E-state index contributed by atoms with van der Waals surface area (Å²) in [5.74, 6) is -1.01. The predicted molar refractivity (Wildman–Crippen MR) is 70.0 cm³/mol. The van der Waals surface area contributed by atoms with Gasteiger partial charge in [-0.25, -0.2) is 0 Å². The molecule has 0 spiro atoms. The Labute approximate surface area is 111 Å². The highest BCUT2D eigenvalue weighted by atomic mass is 16.5. The molecule has 1 heterocycles. The number of aliphatic carboxylic acids is 1. The second kappa shape index (κ2) is 5.84. The van der Waals surface area contributed by atoms with Crippen LogP contribution in [0.2, 0.25) is 0 Å². The summed E-state index contributed by atoms with van der Waals surface area (Å²) in [6.07, 6.45) is 1.37. The first-order valence-corrected chi connectivity index (χ1v) is 6.31. The van der Waals surface area contributed by atoms with Gasteiger partial charge in [0.25, 0.3) is 5.91 Å². The van der Waals surface area contributed by atoms with Crippen molar-refractivity contribution >= 4 is 17.6 Å². The van der Waals surface area contributed by atoms with E-state index in [1.807, 2.05) is 6.92 Å². The molecule has 1 aliphatic heterocycles. The minimum Gasteiger partial charge on any atom is -0.481 e. The maximum absolute atomic E-state index is 11.9. The first-order chi connectivity index (χ1) is 9.04. The average molecular weight is 263 g/mol. The number of anilines is 1. The molecule has 0 radical (unpaired) electrons. The topological polar surface area (TPSA) is 75.6 Å². The fourth-order valence-corrected chi connectivity index (χ4v) is 2.10. The van der Waals surface area contributed by atoms with Gasteiger partial charge in [0.05, 0.1) is 12.5 Å². The molecule has 5 nitrogen and oxygen atoms in total. The number of rotatable bonds is 4. The Hall–Kier alpha value is -1.88. The zero-order chi connectivity index (χ0) is 13.8. The van der Waals surface area contributed by atoms with Crippen LogP contribution in [0.15, 0.2) is 24.3 Å². The van der Waals surface area contributed by atoms with Crippen molar-refractivity contribution in [1.82, 2.24) is 0 Å². The largest absolute Gasteiger partial charge is 0.481 e. The summed E-state index contributed by atoms with van der Waals surface area (Å²) >= 11 is 0. The summed E-state index contributed by atoms with van der Waals surface area (Å²) in [6, 6.07) is 6.80. The Bertz CT molecular complexity index is 469. The molecule has 1 saturated heterocycles. The lowest BCUT2D eigenvalue weighted by Gasteiger charge is -2.11. The Morgan fingerprint density at radius 1 is 1.32 bits per heavy atom. The molecule has 1 aromatic carbocycles. The number of carboxylic acids is 1. The van der Waals surface area contributed by atoms with Crippen molar-refractivity contribution in [3.63, 3.8) is 0 Å². The average Bonchev–Trinajstić information content (AvgIpc) is 2.78. The molecule has 5 heteroatoms. The van der Waals surface area contributed by atoms with E-state index in [9.17, 15) is 9.59 Å². The number of amides is 1. The van der Waals surface area contributed by atoms with Crippen LogP contribution >= 0.6 is 0 Å². The first-order valence-electron chi connectivity index (χ1n) is 6.31. The zero-order valence-corrected chi connectivity index (χ0v) is 10.8. The van der Waals surface area contributed by atoms with Gasteiger partial charge in [-0.15, -0.1) is 0 Å². The number of carbonyl (C=O) groups is 2. The molecule has 0 bridgehead atoms. The van der Waals surface area contributed by atoms with Crippen molar-refractivity contribution in [2.75, 3.05) is 5.32 Å². The van der Waals surface area contributed by atoms with Crippen LogP contribution in [0.5, 0.6) is 0 Å². The quantitative estimate of drug-likeness (QED) is 0.868. The van der Waals surface area contributed by atoms with Gasteiger partial charge in [0.15, 0.2) is 0 Å². The summed E-state index contributed by atoms with van der Waals surface area (Å²) < 4.78 is 5.48. The number of carboxylic acid groups (broad SMARTS) is 1. The van der Waals surface area contributed by atoms with E-state index in [4.69, 9.17) is 9.84 Å². The lowest BCUT2D eigenvalue weighted by molar-refractivity contribution is -0.136. The summed E-state index contributed by atoms with van der Waals surface area (Å²) in [6.45, 7) is 1.95. The number of ether oxygens (including phenoxy) is 1. The van der Waals surface area contributed by atoms with Crippen LogP contribution in [-0.2, 0) is 20.7 Å². The lowest BCUT2D eigenvalue weighted by Crippen LogP contribution is -2.27. The molecule has 2 rings (SSSR count). The van der Waals surface area contributed by atoms with Crippen molar-refractivity contribution in [1.29, 1.82) is 0 Å². The summed E-state index contributed by atoms with van der Waals surface area (Å²) in [5, 5.41) is 11.4. The van der Waals surface area contributed by atoms with E-state index >= 15 is 0 Å². The van der Waals surface area contributed by atoms with Crippen molar-refractivity contribution in [3.05, 3.63) is 29.8 Å². The zero-order valence-electron chi connectivity index (χ0n) is 10.8. The predicted octanol–water partition coefficient (Wildman–Crippen LogP) is 1.82. The molecule has 0 aromatic heterocycles. The van der Waals surface area contributed by atoms with Crippen LogP contribution in [0.25, 0.3) is 0 Å². The van der Waals surface area contributed by atoms with Crippen molar-refractivity contribution in [2.45, 2.75) is 38.4 Å². The van der Waals surface area contributed by atoms with E-state index in [2.05, 4.69) is 5.32 Å². The standard InChI is InChI=1S/C14H17NO4/c1-9-2-7-12(19-9)14(18)15-11-5-3-10(4-6-11)8-13(16)17/h3-6,9,12H,2,7-8H2,1H3,(H,15,18)(H,16,17). The monoisotopic (exact) mass is 263 g/mol. The molecule has 1 amide bonds. The third-order valence-electron chi connectivity index (χ3n) is 3.10. The van der Waals surface area contributed by atoms with Crippen molar-refractivity contribution in [2.24, 2.45) is 0 Å². The first kappa shape index (κ1) is 13.5. The molecular weight excluding hydrogens is 246 g/mol. The van der Waals surface area contributed by atoms with Crippen LogP contribution in [0, 0.1) is 0 Å². The Morgan fingerprint density at radius 3 is 2.53 bits per heavy atom. The van der Waals surface area contributed by atoms with E-state index in [-0.39, 0.29) is 24.5 Å². The summed E-state index contributed by atoms with van der Waals surface area (Å²) in [4.78, 5) is 22.4. The summed E-state index contributed by atoms with van der Waals surface area (Å²) in [5.41, 5.74) is 1.36. The van der Waals surface area contributed by atoms with Crippen LogP contribution in [0.4, 0.5) is 5.69 Å². The smallest absolute Gasteiger partial charge is 0.307 e. The maximum atomic E-state index is 11.9. The van der Waals surface area contributed by atoms with Crippen molar-refractivity contribution < 1.29 is 19.4 Å². The minimum absolute atomic E-state index is 0.0164. The van der Waals surface area contributed by atoms with E-state index in [1.165, 1.54) is 0 Å². The molecule has 0 aliphatic carbocycles. The second-order valence-electron chi connectivity index (χ2n) is 4.77. The highest BCUT2D eigenvalue weighted by Crippen LogP contribution is 2.20. The molecule has 102 valence electrons. The van der Waals surface area contributed by atoms with Crippen molar-refractivity contribution in [3.8, 4) is 0 Å². The number of carbonyl (C=O) groups excluding carboxylic acids is 1.